The van der Waals surface area contributed by atoms with Crippen molar-refractivity contribution in [2.75, 3.05) is 17.2 Å². The average molecular weight is 462 g/mol. The van der Waals surface area contributed by atoms with Gasteiger partial charge in [-0.15, -0.1) is 0 Å². The quantitative estimate of drug-likeness (QED) is 0.409. The van der Waals surface area contributed by atoms with Crippen LogP contribution in [0.15, 0.2) is 71.8 Å². The van der Waals surface area contributed by atoms with Crippen molar-refractivity contribution < 1.29 is 19.4 Å². The van der Waals surface area contributed by atoms with Crippen molar-refractivity contribution >= 4 is 34.6 Å². The van der Waals surface area contributed by atoms with Crippen LogP contribution < -0.4 is 16.2 Å². The molecule has 1 aliphatic heterocycles. The Bertz CT molecular complexity index is 1320. The number of nitrogen functional groups attached to an aromatic ring is 1. The normalized spacial score (nSPS) is 19.9. The maximum atomic E-state index is 13.1. The number of hydrogen-bond acceptors (Lipinski definition) is 8. The molecule has 0 spiro atoms. The van der Waals surface area contributed by atoms with Crippen LogP contribution in [0.2, 0.25) is 0 Å². The van der Waals surface area contributed by atoms with Crippen LogP contribution in [0.25, 0.3) is 11.2 Å². The van der Waals surface area contributed by atoms with E-state index in [0.717, 1.165) is 0 Å². The van der Waals surface area contributed by atoms with E-state index in [-0.39, 0.29) is 30.1 Å². The third-order valence-corrected chi connectivity index (χ3v) is 5.49. The number of nitrogens with two attached hydrogens (primary N) is 1. The van der Waals surface area contributed by atoms with Crippen molar-refractivity contribution in [3.8, 4) is 0 Å². The second kappa shape index (κ2) is 8.96. The lowest BCUT2D eigenvalue weighted by Crippen LogP contribution is -2.29. The van der Waals surface area contributed by atoms with Gasteiger partial charge in [0.15, 0.2) is 17.4 Å². The molecule has 1 fully saturated rings. The van der Waals surface area contributed by atoms with Gasteiger partial charge in [-0.05, 0) is 24.3 Å². The number of H-pyrrole nitrogens is 1. The van der Waals surface area contributed by atoms with Crippen LogP contribution in [0.1, 0.15) is 12.6 Å². The fourth-order valence-corrected chi connectivity index (χ4v) is 3.96. The minimum absolute atomic E-state index is 0.0702. The van der Waals surface area contributed by atoms with E-state index in [1.165, 1.54) is 15.8 Å². The summed E-state index contributed by atoms with van der Waals surface area (Å²) in [5.74, 6) is -0.0702. The Hall–Kier alpha value is -4.22. The Morgan fingerprint density at radius 3 is 2.47 bits per heavy atom. The minimum Gasteiger partial charge on any atom is -0.446 e. The number of anilines is 3. The zero-order valence-corrected chi connectivity index (χ0v) is 17.9. The van der Waals surface area contributed by atoms with Crippen molar-refractivity contribution in [1.82, 2.24) is 19.5 Å². The van der Waals surface area contributed by atoms with Crippen molar-refractivity contribution in [1.29, 1.82) is 0 Å². The van der Waals surface area contributed by atoms with E-state index >= 15 is 0 Å². The highest BCUT2D eigenvalue weighted by Crippen LogP contribution is 2.31. The molecule has 34 heavy (non-hydrogen) atoms. The predicted molar refractivity (Wildman–Crippen MR) is 123 cm³/mol. The monoisotopic (exact) mass is 462 g/mol. The van der Waals surface area contributed by atoms with Crippen molar-refractivity contribution in [3.05, 3.63) is 77.3 Å². The number of rotatable bonds is 5. The second-order valence-electron chi connectivity index (χ2n) is 7.81. The van der Waals surface area contributed by atoms with Crippen LogP contribution >= 0.6 is 0 Å². The number of hydrogen-bond donors (Lipinski definition) is 3. The first-order chi connectivity index (χ1) is 16.5. The van der Waals surface area contributed by atoms with Gasteiger partial charge in [0.05, 0.1) is 23.8 Å². The molecule has 0 bridgehead atoms. The highest BCUT2D eigenvalue weighted by molar-refractivity contribution is 5.95. The van der Waals surface area contributed by atoms with Crippen molar-refractivity contribution in [3.63, 3.8) is 0 Å². The maximum absolute atomic E-state index is 13.1. The fraction of sp³-hybridized carbons (Fsp3) is 0.217. The Labute approximate surface area is 193 Å². The molecule has 0 unspecified atom stereocenters. The molecule has 0 saturated carbocycles. The summed E-state index contributed by atoms with van der Waals surface area (Å²) >= 11 is 0. The summed E-state index contributed by atoms with van der Waals surface area (Å²) in [4.78, 5) is 37.1. The summed E-state index contributed by atoms with van der Waals surface area (Å²) in [6.45, 7) is -0.0780. The van der Waals surface area contributed by atoms with Gasteiger partial charge in [0.2, 0.25) is 5.95 Å². The van der Waals surface area contributed by atoms with Crippen LogP contribution in [-0.2, 0) is 9.47 Å². The lowest BCUT2D eigenvalue weighted by atomic mass is 10.2. The van der Waals surface area contributed by atoms with Gasteiger partial charge in [-0.3, -0.25) is 14.3 Å². The topological polar surface area (TPSA) is 149 Å². The molecule has 0 aliphatic carbocycles. The number of carbonyl (C=O) groups excluding carboxylic acids is 1. The Balaban J connectivity index is 1.31. The van der Waals surface area contributed by atoms with Gasteiger partial charge in [0.1, 0.15) is 12.7 Å². The summed E-state index contributed by atoms with van der Waals surface area (Å²) in [6.07, 6.45) is -1.36. The number of aliphatic hydroxyl groups is 1. The number of para-hydroxylation sites is 2. The standard InChI is InChI=1S/C23H22N6O5/c24-22-26-19-18(20(31)27-22)25-13-28(19)21-17(30)11-16(34-21)12-33-23(32)29(14-7-3-1-4-8-14)15-9-5-2-6-10-15/h1-10,13,16-17,21,30H,11-12H2,(H3,24,26,27,31)/t16-,17+,21+/m0/s1. The largest absolute Gasteiger partial charge is 0.446 e. The lowest BCUT2D eigenvalue weighted by molar-refractivity contribution is -0.0499. The van der Waals surface area contributed by atoms with E-state index in [1.54, 1.807) is 0 Å². The molecule has 1 amide bonds. The molecule has 174 valence electrons. The van der Waals surface area contributed by atoms with E-state index in [9.17, 15) is 14.7 Å². The molecular weight excluding hydrogens is 440 g/mol. The number of carbonyl (C=O) groups is 1. The number of benzene rings is 2. The number of aromatic nitrogens is 4. The summed E-state index contributed by atoms with van der Waals surface area (Å²) < 4.78 is 13.0. The molecule has 4 N–H and O–H groups in total. The first kappa shape index (κ1) is 21.6. The number of aliphatic hydroxyl groups excluding tert-OH is 1. The van der Waals surface area contributed by atoms with E-state index in [2.05, 4.69) is 15.0 Å². The first-order valence-corrected chi connectivity index (χ1v) is 10.6. The van der Waals surface area contributed by atoms with Crippen LogP contribution in [-0.4, -0.2) is 49.5 Å². The van der Waals surface area contributed by atoms with Crippen LogP contribution in [0, 0.1) is 0 Å². The molecule has 3 atom stereocenters. The van der Waals surface area contributed by atoms with Crippen LogP contribution in [0.5, 0.6) is 0 Å². The number of imidazole rings is 1. The molecule has 5 rings (SSSR count). The van der Waals surface area contributed by atoms with Crippen LogP contribution in [0.4, 0.5) is 22.1 Å². The molecule has 2 aromatic heterocycles. The van der Waals surface area contributed by atoms with Gasteiger partial charge >= 0.3 is 6.09 Å². The molecule has 1 saturated heterocycles. The lowest BCUT2D eigenvalue weighted by Gasteiger charge is -2.23. The van der Waals surface area contributed by atoms with Gasteiger partial charge in [0.25, 0.3) is 5.56 Å². The van der Waals surface area contributed by atoms with E-state index in [1.807, 2.05) is 60.7 Å². The molecule has 11 nitrogen and oxygen atoms in total. The van der Waals surface area contributed by atoms with Crippen LogP contribution in [0.3, 0.4) is 0 Å². The van der Waals surface area contributed by atoms with Crippen molar-refractivity contribution in [2.45, 2.75) is 24.9 Å². The highest BCUT2D eigenvalue weighted by atomic mass is 16.6. The molecule has 0 radical (unpaired) electrons. The summed E-state index contributed by atoms with van der Waals surface area (Å²) in [7, 11) is 0. The van der Waals surface area contributed by atoms with Crippen molar-refractivity contribution in [2.24, 2.45) is 0 Å². The Morgan fingerprint density at radius 1 is 1.18 bits per heavy atom. The molecule has 2 aromatic carbocycles. The van der Waals surface area contributed by atoms with Gasteiger partial charge in [-0.25, -0.2) is 14.7 Å². The Morgan fingerprint density at radius 2 is 1.82 bits per heavy atom. The zero-order chi connectivity index (χ0) is 23.7. The number of amides is 1. The van der Waals surface area contributed by atoms with Gasteiger partial charge < -0.3 is 20.3 Å². The molecular formula is C23H22N6O5. The number of nitrogens with one attached hydrogen (secondary N) is 1. The third-order valence-electron chi connectivity index (χ3n) is 5.49. The highest BCUT2D eigenvalue weighted by Gasteiger charge is 2.37. The van der Waals surface area contributed by atoms with E-state index < -0.39 is 30.1 Å². The second-order valence-corrected chi connectivity index (χ2v) is 7.81. The molecule has 11 heteroatoms. The van der Waals surface area contributed by atoms with E-state index in [4.69, 9.17) is 15.2 Å². The summed E-state index contributed by atoms with van der Waals surface area (Å²) in [6, 6.07) is 18.3. The minimum atomic E-state index is -0.928. The summed E-state index contributed by atoms with van der Waals surface area (Å²) in [5.41, 5.74) is 6.75. The molecule has 1 aliphatic rings. The smallest absolute Gasteiger partial charge is 0.419 e. The summed E-state index contributed by atoms with van der Waals surface area (Å²) in [5, 5.41) is 10.6. The molecule has 3 heterocycles. The Kier molecular flexibility index (Phi) is 5.70. The number of fused-ring (bicyclic) bond motifs is 1. The predicted octanol–water partition coefficient (Wildman–Crippen LogP) is 2.33. The van der Waals surface area contributed by atoms with E-state index in [0.29, 0.717) is 11.4 Å². The molecule has 4 aromatic rings. The van der Waals surface area contributed by atoms with Gasteiger partial charge in [-0.1, -0.05) is 36.4 Å². The number of aromatic amines is 1. The fourth-order valence-electron chi connectivity index (χ4n) is 3.96. The maximum Gasteiger partial charge on any atom is 0.419 e. The van der Waals surface area contributed by atoms with Gasteiger partial charge in [0, 0.05) is 6.42 Å². The van der Waals surface area contributed by atoms with Gasteiger partial charge in [-0.2, -0.15) is 4.98 Å². The SMILES string of the molecule is Nc1nc2c(ncn2[C@@H]2O[C@H](COC(=O)N(c3ccccc3)c3ccccc3)C[C@H]2O)c(=O)[nH]1. The number of nitrogens with zero attached hydrogens (tertiary/aromatic N) is 4. The third kappa shape index (κ3) is 4.09. The number of ether oxygens (including phenoxy) is 2. The zero-order valence-electron chi connectivity index (χ0n) is 17.9. The first-order valence-electron chi connectivity index (χ1n) is 10.6. The average Bonchev–Trinajstić information content (AvgIpc) is 3.42.